The van der Waals surface area contributed by atoms with E-state index < -0.39 is 0 Å². The molecule has 1 aromatic rings. The number of hydrogen-bond donors (Lipinski definition) is 2. The Bertz CT molecular complexity index is 465. The summed E-state index contributed by atoms with van der Waals surface area (Å²) in [6.07, 6.45) is 2.54. The molecular weight excluding hydrogens is 320 g/mol. The van der Waals surface area contributed by atoms with Gasteiger partial charge in [-0.3, -0.25) is 0 Å². The van der Waals surface area contributed by atoms with E-state index >= 15 is 0 Å². The van der Waals surface area contributed by atoms with Gasteiger partial charge in [0, 0.05) is 24.1 Å². The molecule has 2 fully saturated rings. The van der Waals surface area contributed by atoms with Crippen molar-refractivity contribution in [2.24, 2.45) is 5.41 Å². The fourth-order valence-corrected chi connectivity index (χ4v) is 3.17. The fourth-order valence-electron chi connectivity index (χ4n) is 2.81. The number of anilines is 2. The number of hydrogen-bond acceptors (Lipinski definition) is 4. The van der Waals surface area contributed by atoms with Crippen molar-refractivity contribution in [2.45, 2.75) is 12.8 Å². The van der Waals surface area contributed by atoms with Gasteiger partial charge in [0.2, 0.25) is 0 Å². The molecule has 0 saturated carbocycles. The summed E-state index contributed by atoms with van der Waals surface area (Å²) in [6, 6.07) is 6.38. The van der Waals surface area contributed by atoms with Gasteiger partial charge in [0.15, 0.2) is 0 Å². The van der Waals surface area contributed by atoms with Crippen LogP contribution in [0.1, 0.15) is 12.8 Å². The van der Waals surface area contributed by atoms with E-state index in [0.717, 1.165) is 29.8 Å². The van der Waals surface area contributed by atoms with Crippen molar-refractivity contribution in [3.63, 3.8) is 0 Å². The van der Waals surface area contributed by atoms with Crippen LogP contribution < -0.4 is 10.2 Å². The molecule has 3 rings (SSSR count). The lowest BCUT2D eigenvalue weighted by Crippen LogP contribution is -2.50. The normalized spacial score (nSPS) is 20.8. The Kier molecular flexibility index (Phi) is 4.19. The van der Waals surface area contributed by atoms with Gasteiger partial charge in [0.25, 0.3) is 0 Å². The summed E-state index contributed by atoms with van der Waals surface area (Å²) >= 11 is 3.54. The Morgan fingerprint density at radius 3 is 2.65 bits per heavy atom. The molecule has 0 bridgehead atoms. The molecule has 0 radical (unpaired) electrons. The van der Waals surface area contributed by atoms with E-state index in [1.807, 2.05) is 0 Å². The van der Waals surface area contributed by atoms with E-state index in [1.165, 1.54) is 18.5 Å². The van der Waals surface area contributed by atoms with E-state index in [1.54, 1.807) is 0 Å². The van der Waals surface area contributed by atoms with Gasteiger partial charge in [0.05, 0.1) is 36.6 Å². The Hall–Kier alpha value is -0.780. The fraction of sp³-hybridized carbons (Fsp3) is 0.600. The van der Waals surface area contributed by atoms with Crippen LogP contribution in [0.4, 0.5) is 11.4 Å². The van der Waals surface area contributed by atoms with Crippen LogP contribution in [0.3, 0.4) is 0 Å². The zero-order valence-electron chi connectivity index (χ0n) is 11.6. The van der Waals surface area contributed by atoms with Crippen molar-refractivity contribution >= 4 is 27.3 Å². The standard InChI is InChI=1S/C15H21BrN2O2/c16-12-3-4-14(18-5-1-2-6-18)13(7-12)17-8-15(9-19)10-20-11-15/h3-4,7,17,19H,1-2,5-6,8-11H2. The van der Waals surface area contributed by atoms with Crippen molar-refractivity contribution in [3.8, 4) is 0 Å². The van der Waals surface area contributed by atoms with Crippen molar-refractivity contribution in [3.05, 3.63) is 22.7 Å². The summed E-state index contributed by atoms with van der Waals surface area (Å²) in [5.41, 5.74) is 2.30. The Morgan fingerprint density at radius 2 is 2.05 bits per heavy atom. The van der Waals surface area contributed by atoms with Crippen LogP contribution in [0.2, 0.25) is 0 Å². The van der Waals surface area contributed by atoms with Crippen LogP contribution in [0.25, 0.3) is 0 Å². The molecule has 0 atom stereocenters. The van der Waals surface area contributed by atoms with Crippen LogP contribution in [-0.4, -0.2) is 44.6 Å². The maximum absolute atomic E-state index is 9.51. The maximum atomic E-state index is 9.51. The van der Waals surface area contributed by atoms with Gasteiger partial charge in [-0.05, 0) is 31.0 Å². The van der Waals surface area contributed by atoms with E-state index in [4.69, 9.17) is 4.74 Å². The zero-order chi connectivity index (χ0) is 14.0. The number of nitrogens with one attached hydrogen (secondary N) is 1. The quantitative estimate of drug-likeness (QED) is 0.864. The number of halogens is 1. The van der Waals surface area contributed by atoms with E-state index in [9.17, 15) is 5.11 Å². The van der Waals surface area contributed by atoms with E-state index in [2.05, 4.69) is 44.3 Å². The molecule has 2 aliphatic heterocycles. The predicted molar refractivity (Wildman–Crippen MR) is 84.4 cm³/mol. The average molecular weight is 341 g/mol. The molecule has 2 N–H and O–H groups in total. The second-order valence-corrected chi connectivity index (χ2v) is 6.78. The number of ether oxygens (including phenoxy) is 1. The highest BCUT2D eigenvalue weighted by Crippen LogP contribution is 2.34. The molecule has 0 amide bonds. The molecular formula is C15H21BrN2O2. The van der Waals surface area contributed by atoms with Crippen LogP contribution in [0, 0.1) is 5.41 Å². The lowest BCUT2D eigenvalue weighted by atomic mass is 9.87. The van der Waals surface area contributed by atoms with E-state index in [-0.39, 0.29) is 12.0 Å². The van der Waals surface area contributed by atoms with Gasteiger partial charge in [-0.25, -0.2) is 0 Å². The lowest BCUT2D eigenvalue weighted by Gasteiger charge is -2.40. The van der Waals surface area contributed by atoms with Crippen molar-refractivity contribution < 1.29 is 9.84 Å². The molecule has 0 aliphatic carbocycles. The van der Waals surface area contributed by atoms with Crippen molar-refractivity contribution in [1.82, 2.24) is 0 Å². The average Bonchev–Trinajstić information content (AvgIpc) is 2.92. The smallest absolute Gasteiger partial charge is 0.0602 e. The van der Waals surface area contributed by atoms with Crippen LogP contribution in [0.5, 0.6) is 0 Å². The number of rotatable bonds is 5. The van der Waals surface area contributed by atoms with Crippen molar-refractivity contribution in [1.29, 1.82) is 0 Å². The summed E-state index contributed by atoms with van der Waals surface area (Å²) in [6.45, 7) is 4.47. The number of aliphatic hydroxyl groups excluding tert-OH is 1. The van der Waals surface area contributed by atoms with Gasteiger partial charge in [-0.1, -0.05) is 15.9 Å². The minimum atomic E-state index is -0.107. The SMILES string of the molecule is OCC1(CNc2cc(Br)ccc2N2CCCC2)COC1. The first kappa shape index (κ1) is 14.2. The molecule has 110 valence electrons. The largest absolute Gasteiger partial charge is 0.396 e. The number of aliphatic hydroxyl groups is 1. The third-order valence-corrected chi connectivity index (χ3v) is 4.70. The first-order valence-electron chi connectivity index (χ1n) is 7.19. The van der Waals surface area contributed by atoms with Crippen LogP contribution in [0.15, 0.2) is 22.7 Å². The molecule has 0 aromatic heterocycles. The summed E-state index contributed by atoms with van der Waals surface area (Å²) in [4.78, 5) is 2.43. The van der Waals surface area contributed by atoms with Gasteiger partial charge < -0.3 is 20.1 Å². The predicted octanol–water partition coefficient (Wildman–Crippen LogP) is 2.47. The third kappa shape index (κ3) is 2.80. The topological polar surface area (TPSA) is 44.7 Å². The minimum absolute atomic E-state index is 0.107. The summed E-state index contributed by atoms with van der Waals surface area (Å²) < 4.78 is 6.33. The highest BCUT2D eigenvalue weighted by Gasteiger charge is 2.38. The summed E-state index contributed by atoms with van der Waals surface area (Å²) in [7, 11) is 0. The molecule has 2 aliphatic rings. The second kappa shape index (κ2) is 5.92. The Labute approximate surface area is 128 Å². The molecule has 4 nitrogen and oxygen atoms in total. The van der Waals surface area contributed by atoms with Gasteiger partial charge in [-0.15, -0.1) is 0 Å². The molecule has 0 spiro atoms. The molecule has 20 heavy (non-hydrogen) atoms. The second-order valence-electron chi connectivity index (χ2n) is 5.86. The van der Waals surface area contributed by atoms with Gasteiger partial charge >= 0.3 is 0 Å². The van der Waals surface area contributed by atoms with Crippen LogP contribution >= 0.6 is 15.9 Å². The number of nitrogens with zero attached hydrogens (tertiary/aromatic N) is 1. The number of benzene rings is 1. The van der Waals surface area contributed by atoms with E-state index in [0.29, 0.717) is 13.2 Å². The zero-order valence-corrected chi connectivity index (χ0v) is 13.2. The molecule has 1 aromatic carbocycles. The summed E-state index contributed by atoms with van der Waals surface area (Å²) in [5, 5.41) is 13.0. The van der Waals surface area contributed by atoms with Gasteiger partial charge in [-0.2, -0.15) is 0 Å². The first-order valence-corrected chi connectivity index (χ1v) is 7.99. The molecule has 2 heterocycles. The molecule has 5 heteroatoms. The monoisotopic (exact) mass is 340 g/mol. The van der Waals surface area contributed by atoms with Crippen LogP contribution in [-0.2, 0) is 4.74 Å². The molecule has 0 unspecified atom stereocenters. The lowest BCUT2D eigenvalue weighted by molar-refractivity contribution is -0.128. The highest BCUT2D eigenvalue weighted by atomic mass is 79.9. The van der Waals surface area contributed by atoms with Crippen molar-refractivity contribution in [2.75, 3.05) is 49.7 Å². The highest BCUT2D eigenvalue weighted by molar-refractivity contribution is 9.10. The minimum Gasteiger partial charge on any atom is -0.396 e. The molecule has 2 saturated heterocycles. The Balaban J connectivity index is 1.75. The maximum Gasteiger partial charge on any atom is 0.0602 e. The van der Waals surface area contributed by atoms with Gasteiger partial charge in [0.1, 0.15) is 0 Å². The first-order chi connectivity index (χ1) is 9.72. The summed E-state index contributed by atoms with van der Waals surface area (Å²) in [5.74, 6) is 0. The Morgan fingerprint density at radius 1 is 1.30 bits per heavy atom. The third-order valence-electron chi connectivity index (χ3n) is 4.21.